The number of nitrogens with one attached hydrogen (secondary N) is 1. The number of aromatic nitrogens is 2. The molecule has 1 N–H and O–H groups in total. The van der Waals surface area contributed by atoms with E-state index in [0.717, 1.165) is 19.0 Å². The second kappa shape index (κ2) is 6.80. The van der Waals surface area contributed by atoms with E-state index in [1.165, 1.54) is 55.7 Å². The van der Waals surface area contributed by atoms with Gasteiger partial charge in [0.15, 0.2) is 0 Å². The maximum Gasteiger partial charge on any atom is 0.0762 e. The normalized spacial score (nSPS) is 22.1. The van der Waals surface area contributed by atoms with Crippen LogP contribution in [0.15, 0.2) is 12.3 Å². The van der Waals surface area contributed by atoms with Crippen LogP contribution in [-0.4, -0.2) is 27.8 Å². The van der Waals surface area contributed by atoms with E-state index in [0.29, 0.717) is 6.04 Å². The van der Waals surface area contributed by atoms with Crippen molar-refractivity contribution < 1.29 is 0 Å². The number of nitrogens with zero attached hydrogens (tertiary/aromatic N) is 2. The van der Waals surface area contributed by atoms with E-state index in [9.17, 15) is 0 Å². The molecule has 0 amide bonds. The first-order valence-corrected chi connectivity index (χ1v) is 8.90. The monoisotopic (exact) mass is 279 g/mol. The fourth-order valence-electron chi connectivity index (χ4n) is 3.20. The molecular weight excluding hydrogens is 254 g/mol. The molecule has 1 aliphatic heterocycles. The average molecular weight is 279 g/mol. The van der Waals surface area contributed by atoms with Crippen molar-refractivity contribution in [2.75, 3.05) is 18.1 Å². The summed E-state index contributed by atoms with van der Waals surface area (Å²) in [6, 6.07) is 2.85. The lowest BCUT2D eigenvalue weighted by Gasteiger charge is -2.21. The van der Waals surface area contributed by atoms with Gasteiger partial charge >= 0.3 is 0 Å². The van der Waals surface area contributed by atoms with Gasteiger partial charge in [-0.05, 0) is 55.7 Å². The van der Waals surface area contributed by atoms with E-state index in [1.54, 1.807) is 0 Å². The van der Waals surface area contributed by atoms with Crippen molar-refractivity contribution in [2.24, 2.45) is 5.92 Å². The van der Waals surface area contributed by atoms with Crippen LogP contribution < -0.4 is 5.32 Å². The van der Waals surface area contributed by atoms with Crippen LogP contribution in [-0.2, 0) is 6.54 Å². The Morgan fingerprint density at radius 1 is 1.21 bits per heavy atom. The number of hydrogen-bond donors (Lipinski definition) is 1. The van der Waals surface area contributed by atoms with Gasteiger partial charge < -0.3 is 5.32 Å². The summed E-state index contributed by atoms with van der Waals surface area (Å²) in [5.41, 5.74) is 1.21. The van der Waals surface area contributed by atoms with Crippen molar-refractivity contribution in [2.45, 2.75) is 51.1 Å². The Morgan fingerprint density at radius 2 is 2.00 bits per heavy atom. The van der Waals surface area contributed by atoms with Crippen LogP contribution >= 0.6 is 11.8 Å². The van der Waals surface area contributed by atoms with Gasteiger partial charge in [-0.15, -0.1) is 0 Å². The zero-order valence-electron chi connectivity index (χ0n) is 11.7. The molecule has 3 rings (SSSR count). The minimum atomic E-state index is 0.670. The SMILES string of the molecule is c1cn(C2CCCC2)nc1CNCC1CCSCC1. The van der Waals surface area contributed by atoms with Crippen LogP contribution in [0.5, 0.6) is 0 Å². The highest BCUT2D eigenvalue weighted by atomic mass is 32.2. The standard InChI is InChI=1S/C15H25N3S/c1-2-4-15(3-1)18-8-5-14(17-18)12-16-11-13-6-9-19-10-7-13/h5,8,13,15-16H,1-4,6-7,9-12H2. The molecule has 0 atom stereocenters. The van der Waals surface area contributed by atoms with Crippen molar-refractivity contribution in [3.8, 4) is 0 Å². The van der Waals surface area contributed by atoms with E-state index >= 15 is 0 Å². The molecule has 106 valence electrons. The molecule has 1 saturated heterocycles. The maximum absolute atomic E-state index is 4.72. The third kappa shape index (κ3) is 3.76. The molecule has 0 unspecified atom stereocenters. The summed E-state index contributed by atoms with van der Waals surface area (Å²) in [5, 5.41) is 8.32. The molecule has 1 aromatic rings. The molecule has 4 heteroatoms. The summed E-state index contributed by atoms with van der Waals surface area (Å²) >= 11 is 2.10. The lowest BCUT2D eigenvalue weighted by molar-refractivity contribution is 0.437. The Kier molecular flexibility index (Phi) is 4.83. The molecule has 2 heterocycles. The van der Waals surface area contributed by atoms with Crippen LogP contribution in [0.4, 0.5) is 0 Å². The van der Waals surface area contributed by atoms with Gasteiger partial charge in [-0.1, -0.05) is 12.8 Å². The van der Waals surface area contributed by atoms with Gasteiger partial charge in [0.05, 0.1) is 11.7 Å². The molecule has 2 aliphatic rings. The summed E-state index contributed by atoms with van der Waals surface area (Å²) in [6.07, 6.45) is 10.3. The Balaban J connectivity index is 1.42. The Hall–Kier alpha value is -0.480. The minimum Gasteiger partial charge on any atom is -0.311 e. The largest absolute Gasteiger partial charge is 0.311 e. The second-order valence-corrected chi connectivity index (χ2v) is 7.14. The highest BCUT2D eigenvalue weighted by molar-refractivity contribution is 7.99. The van der Waals surface area contributed by atoms with E-state index < -0.39 is 0 Å². The summed E-state index contributed by atoms with van der Waals surface area (Å²) in [4.78, 5) is 0. The summed E-state index contributed by atoms with van der Waals surface area (Å²) in [7, 11) is 0. The predicted molar refractivity (Wildman–Crippen MR) is 81.5 cm³/mol. The zero-order valence-corrected chi connectivity index (χ0v) is 12.5. The molecule has 3 nitrogen and oxygen atoms in total. The van der Waals surface area contributed by atoms with Crippen molar-refractivity contribution in [3.63, 3.8) is 0 Å². The first-order chi connectivity index (χ1) is 9.42. The molecule has 0 spiro atoms. The summed E-state index contributed by atoms with van der Waals surface area (Å²) in [5.74, 6) is 3.59. The fourth-order valence-corrected chi connectivity index (χ4v) is 4.40. The Labute approximate surface area is 120 Å². The van der Waals surface area contributed by atoms with Gasteiger partial charge in [0.25, 0.3) is 0 Å². The summed E-state index contributed by atoms with van der Waals surface area (Å²) in [6.45, 7) is 2.10. The molecule has 19 heavy (non-hydrogen) atoms. The third-order valence-corrected chi connectivity index (χ3v) is 5.49. The van der Waals surface area contributed by atoms with Gasteiger partial charge in [0, 0.05) is 12.7 Å². The van der Waals surface area contributed by atoms with Gasteiger partial charge in [0.2, 0.25) is 0 Å². The zero-order chi connectivity index (χ0) is 12.9. The molecule has 1 aliphatic carbocycles. The van der Waals surface area contributed by atoms with E-state index in [4.69, 9.17) is 5.10 Å². The maximum atomic E-state index is 4.72. The number of rotatable bonds is 5. The lowest BCUT2D eigenvalue weighted by atomic mass is 10.0. The van der Waals surface area contributed by atoms with E-state index in [2.05, 4.69) is 34.0 Å². The summed E-state index contributed by atoms with van der Waals surface area (Å²) < 4.78 is 2.20. The van der Waals surface area contributed by atoms with Crippen molar-refractivity contribution in [3.05, 3.63) is 18.0 Å². The van der Waals surface area contributed by atoms with E-state index in [1.807, 2.05) is 0 Å². The molecular formula is C15H25N3S. The second-order valence-electron chi connectivity index (χ2n) is 5.91. The number of thioether (sulfide) groups is 1. The van der Waals surface area contributed by atoms with Gasteiger partial charge in [-0.3, -0.25) is 4.68 Å². The highest BCUT2D eigenvalue weighted by Crippen LogP contribution is 2.28. The van der Waals surface area contributed by atoms with Crippen LogP contribution in [0.25, 0.3) is 0 Å². The topological polar surface area (TPSA) is 29.9 Å². The predicted octanol–water partition coefficient (Wildman–Crippen LogP) is 3.23. The van der Waals surface area contributed by atoms with Crippen molar-refractivity contribution in [1.82, 2.24) is 15.1 Å². The average Bonchev–Trinajstić information content (AvgIpc) is 3.10. The van der Waals surface area contributed by atoms with Gasteiger partial charge in [0.1, 0.15) is 0 Å². The Morgan fingerprint density at radius 3 is 2.79 bits per heavy atom. The molecule has 0 bridgehead atoms. The lowest BCUT2D eigenvalue weighted by Crippen LogP contribution is -2.25. The third-order valence-electron chi connectivity index (χ3n) is 4.44. The van der Waals surface area contributed by atoms with Crippen molar-refractivity contribution in [1.29, 1.82) is 0 Å². The molecule has 1 aromatic heterocycles. The fraction of sp³-hybridized carbons (Fsp3) is 0.800. The van der Waals surface area contributed by atoms with E-state index in [-0.39, 0.29) is 0 Å². The van der Waals surface area contributed by atoms with Crippen LogP contribution in [0, 0.1) is 5.92 Å². The molecule has 1 saturated carbocycles. The van der Waals surface area contributed by atoms with Gasteiger partial charge in [-0.2, -0.15) is 16.9 Å². The van der Waals surface area contributed by atoms with Crippen LogP contribution in [0.1, 0.15) is 50.3 Å². The van der Waals surface area contributed by atoms with Crippen LogP contribution in [0.3, 0.4) is 0 Å². The quantitative estimate of drug-likeness (QED) is 0.897. The molecule has 2 fully saturated rings. The number of hydrogen-bond acceptors (Lipinski definition) is 3. The first-order valence-electron chi connectivity index (χ1n) is 7.74. The highest BCUT2D eigenvalue weighted by Gasteiger charge is 2.17. The smallest absolute Gasteiger partial charge is 0.0762 e. The minimum absolute atomic E-state index is 0.670. The molecule has 0 aromatic carbocycles. The van der Waals surface area contributed by atoms with Crippen LogP contribution in [0.2, 0.25) is 0 Å². The van der Waals surface area contributed by atoms with Crippen molar-refractivity contribution >= 4 is 11.8 Å². The van der Waals surface area contributed by atoms with Gasteiger partial charge in [-0.25, -0.2) is 0 Å². The Bertz CT molecular complexity index is 378. The molecule has 0 radical (unpaired) electrons. The first kappa shape index (κ1) is 13.5.